The van der Waals surface area contributed by atoms with E-state index in [1.165, 1.54) is 19.3 Å². The molecule has 0 spiro atoms. The van der Waals surface area contributed by atoms with Gasteiger partial charge in [0.25, 0.3) is 0 Å². The molecule has 1 aliphatic carbocycles. The predicted molar refractivity (Wildman–Crippen MR) is 66.5 cm³/mol. The van der Waals surface area contributed by atoms with E-state index in [1.54, 1.807) is 6.92 Å². The molecule has 1 saturated carbocycles. The molecule has 3 N–H and O–H groups in total. The largest absolute Gasteiger partial charge is 0.393 e. The monoisotopic (exact) mass is 240 g/mol. The second-order valence-corrected chi connectivity index (χ2v) is 5.52. The molecule has 0 aromatic rings. The van der Waals surface area contributed by atoms with E-state index in [0.29, 0.717) is 12.5 Å². The third kappa shape index (κ3) is 3.19. The quantitative estimate of drug-likeness (QED) is 0.618. The van der Waals surface area contributed by atoms with Crippen LogP contribution in [-0.2, 0) is 4.79 Å². The first-order valence-corrected chi connectivity index (χ1v) is 6.87. The van der Waals surface area contributed by atoms with Crippen LogP contribution in [0, 0.1) is 11.8 Å². The van der Waals surface area contributed by atoms with Crippen molar-refractivity contribution in [2.45, 2.75) is 51.2 Å². The summed E-state index contributed by atoms with van der Waals surface area (Å²) in [6.07, 6.45) is 5.10. The zero-order valence-electron chi connectivity index (χ0n) is 10.6. The molecule has 1 amide bonds. The van der Waals surface area contributed by atoms with Crippen molar-refractivity contribution in [3.63, 3.8) is 0 Å². The van der Waals surface area contributed by atoms with Crippen molar-refractivity contribution in [1.82, 2.24) is 10.6 Å². The van der Waals surface area contributed by atoms with Crippen molar-refractivity contribution in [2.24, 2.45) is 11.8 Å². The number of hydrogen-bond donors (Lipinski definition) is 3. The van der Waals surface area contributed by atoms with Crippen LogP contribution >= 0.6 is 0 Å². The molecule has 1 aliphatic heterocycles. The van der Waals surface area contributed by atoms with Gasteiger partial charge in [0.2, 0.25) is 5.91 Å². The molecular formula is C13H24N2O2. The zero-order chi connectivity index (χ0) is 12.3. The molecule has 0 aromatic heterocycles. The molecule has 1 heterocycles. The van der Waals surface area contributed by atoms with E-state index in [0.717, 1.165) is 25.3 Å². The Bertz CT molecular complexity index is 268. The number of carbonyl (C=O) groups is 1. The van der Waals surface area contributed by atoms with Crippen molar-refractivity contribution in [3.8, 4) is 0 Å². The molecule has 4 nitrogen and oxygen atoms in total. The van der Waals surface area contributed by atoms with Gasteiger partial charge in [-0.1, -0.05) is 6.42 Å². The second-order valence-electron chi connectivity index (χ2n) is 5.52. The van der Waals surface area contributed by atoms with Gasteiger partial charge in [0.15, 0.2) is 0 Å². The van der Waals surface area contributed by atoms with Gasteiger partial charge in [-0.25, -0.2) is 0 Å². The van der Waals surface area contributed by atoms with Gasteiger partial charge < -0.3 is 15.7 Å². The van der Waals surface area contributed by atoms with Crippen LogP contribution < -0.4 is 10.6 Å². The van der Waals surface area contributed by atoms with Crippen LogP contribution in [0.4, 0.5) is 0 Å². The first-order chi connectivity index (χ1) is 8.18. The van der Waals surface area contributed by atoms with Crippen molar-refractivity contribution >= 4 is 5.91 Å². The number of aliphatic hydroxyl groups excluding tert-OH is 1. The summed E-state index contributed by atoms with van der Waals surface area (Å²) in [7, 11) is 0. The first kappa shape index (κ1) is 12.8. The van der Waals surface area contributed by atoms with Gasteiger partial charge in [-0.2, -0.15) is 0 Å². The Balaban J connectivity index is 1.69. The fourth-order valence-corrected chi connectivity index (χ4v) is 3.19. The molecule has 2 aliphatic rings. The first-order valence-electron chi connectivity index (χ1n) is 6.87. The number of rotatable bonds is 5. The summed E-state index contributed by atoms with van der Waals surface area (Å²) in [5, 5.41) is 15.5. The SMILES string of the molecule is CC(O)CCCNC(=O)C1NCC2CCCC21. The summed E-state index contributed by atoms with van der Waals surface area (Å²) >= 11 is 0. The number of fused-ring (bicyclic) bond motifs is 1. The van der Waals surface area contributed by atoms with E-state index < -0.39 is 0 Å². The molecule has 2 fully saturated rings. The van der Waals surface area contributed by atoms with Gasteiger partial charge in [-0.3, -0.25) is 4.79 Å². The average Bonchev–Trinajstić information content (AvgIpc) is 2.85. The lowest BCUT2D eigenvalue weighted by atomic mass is 9.93. The summed E-state index contributed by atoms with van der Waals surface area (Å²) in [5.74, 6) is 1.44. The Labute approximate surface area is 103 Å². The lowest BCUT2D eigenvalue weighted by Crippen LogP contribution is -2.44. The molecule has 0 bridgehead atoms. The summed E-state index contributed by atoms with van der Waals surface area (Å²) in [4.78, 5) is 12.0. The van der Waals surface area contributed by atoms with Crippen LogP contribution in [0.3, 0.4) is 0 Å². The van der Waals surface area contributed by atoms with Gasteiger partial charge >= 0.3 is 0 Å². The Kier molecular flexibility index (Phi) is 4.40. The van der Waals surface area contributed by atoms with Gasteiger partial charge in [0.05, 0.1) is 12.1 Å². The van der Waals surface area contributed by atoms with E-state index >= 15 is 0 Å². The van der Waals surface area contributed by atoms with E-state index in [9.17, 15) is 4.79 Å². The molecule has 4 unspecified atom stereocenters. The number of nitrogens with one attached hydrogen (secondary N) is 2. The molecule has 2 rings (SSSR count). The van der Waals surface area contributed by atoms with E-state index in [4.69, 9.17) is 5.11 Å². The van der Waals surface area contributed by atoms with Gasteiger partial charge in [-0.05, 0) is 51.0 Å². The van der Waals surface area contributed by atoms with Crippen LogP contribution in [0.25, 0.3) is 0 Å². The molecule has 17 heavy (non-hydrogen) atoms. The average molecular weight is 240 g/mol. The highest BCUT2D eigenvalue weighted by Crippen LogP contribution is 2.37. The van der Waals surface area contributed by atoms with Crippen molar-refractivity contribution < 1.29 is 9.90 Å². The minimum atomic E-state index is -0.268. The Morgan fingerprint density at radius 2 is 2.35 bits per heavy atom. The summed E-state index contributed by atoms with van der Waals surface area (Å²) < 4.78 is 0. The Morgan fingerprint density at radius 1 is 1.53 bits per heavy atom. The summed E-state index contributed by atoms with van der Waals surface area (Å²) in [5.41, 5.74) is 0. The van der Waals surface area contributed by atoms with Crippen molar-refractivity contribution in [1.29, 1.82) is 0 Å². The zero-order valence-corrected chi connectivity index (χ0v) is 10.6. The Morgan fingerprint density at radius 3 is 3.12 bits per heavy atom. The Hall–Kier alpha value is -0.610. The minimum Gasteiger partial charge on any atom is -0.393 e. The molecule has 0 radical (unpaired) electrons. The maximum absolute atomic E-state index is 12.0. The van der Waals surface area contributed by atoms with Crippen LogP contribution in [0.15, 0.2) is 0 Å². The highest BCUT2D eigenvalue weighted by molar-refractivity contribution is 5.82. The maximum Gasteiger partial charge on any atom is 0.237 e. The van der Waals surface area contributed by atoms with E-state index in [-0.39, 0.29) is 18.1 Å². The molecule has 0 aromatic carbocycles. The standard InChI is InChI=1S/C13H24N2O2/c1-9(16)4-3-7-14-13(17)12-11-6-2-5-10(11)8-15-12/h9-12,15-16H,2-8H2,1H3,(H,14,17). The van der Waals surface area contributed by atoms with Crippen molar-refractivity contribution in [2.75, 3.05) is 13.1 Å². The van der Waals surface area contributed by atoms with Crippen LogP contribution in [0.5, 0.6) is 0 Å². The topological polar surface area (TPSA) is 61.4 Å². The lowest BCUT2D eigenvalue weighted by Gasteiger charge is -2.17. The minimum absolute atomic E-state index is 0.0362. The summed E-state index contributed by atoms with van der Waals surface area (Å²) in [6, 6.07) is 0.0362. The highest BCUT2D eigenvalue weighted by Gasteiger charge is 2.42. The van der Waals surface area contributed by atoms with E-state index in [2.05, 4.69) is 10.6 Å². The van der Waals surface area contributed by atoms with Crippen LogP contribution in [0.2, 0.25) is 0 Å². The molecule has 1 saturated heterocycles. The van der Waals surface area contributed by atoms with Crippen LogP contribution in [-0.4, -0.2) is 36.2 Å². The number of aliphatic hydroxyl groups is 1. The number of amides is 1. The lowest BCUT2D eigenvalue weighted by molar-refractivity contribution is -0.123. The number of hydrogen-bond acceptors (Lipinski definition) is 3. The van der Waals surface area contributed by atoms with Gasteiger partial charge in [-0.15, -0.1) is 0 Å². The third-order valence-electron chi connectivity index (χ3n) is 4.13. The smallest absolute Gasteiger partial charge is 0.237 e. The molecular weight excluding hydrogens is 216 g/mol. The van der Waals surface area contributed by atoms with Crippen LogP contribution in [0.1, 0.15) is 39.0 Å². The predicted octanol–water partition coefficient (Wildman–Crippen LogP) is 0.652. The van der Waals surface area contributed by atoms with Crippen molar-refractivity contribution in [3.05, 3.63) is 0 Å². The maximum atomic E-state index is 12.0. The van der Waals surface area contributed by atoms with Gasteiger partial charge in [0.1, 0.15) is 0 Å². The normalized spacial score (nSPS) is 33.4. The van der Waals surface area contributed by atoms with Gasteiger partial charge in [0, 0.05) is 6.54 Å². The third-order valence-corrected chi connectivity index (χ3v) is 4.13. The van der Waals surface area contributed by atoms with E-state index in [1.807, 2.05) is 0 Å². The molecule has 4 heteroatoms. The fraction of sp³-hybridized carbons (Fsp3) is 0.923. The highest BCUT2D eigenvalue weighted by atomic mass is 16.3. The number of carbonyl (C=O) groups excluding carboxylic acids is 1. The second kappa shape index (κ2) is 5.83. The fourth-order valence-electron chi connectivity index (χ4n) is 3.19. The summed E-state index contributed by atoms with van der Waals surface area (Å²) in [6.45, 7) is 3.47. The molecule has 98 valence electrons. The molecule has 4 atom stereocenters.